The normalized spacial score (nSPS) is 12.2. The molecule has 0 aliphatic carbocycles. The van der Waals surface area contributed by atoms with Gasteiger partial charge in [-0.05, 0) is 29.5 Å². The molecule has 0 saturated heterocycles. The smallest absolute Gasteiger partial charge is 0.0985 e. The summed E-state index contributed by atoms with van der Waals surface area (Å²) in [4.78, 5) is 4.45. The summed E-state index contributed by atoms with van der Waals surface area (Å²) < 4.78 is 0. The van der Waals surface area contributed by atoms with Gasteiger partial charge in [0, 0.05) is 17.3 Å². The van der Waals surface area contributed by atoms with Crippen molar-refractivity contribution in [1.82, 2.24) is 4.98 Å². The van der Waals surface area contributed by atoms with E-state index in [0.717, 1.165) is 21.7 Å². The minimum absolute atomic E-state index is 0.438. The first-order valence-corrected chi connectivity index (χ1v) is 6.03. The topological polar surface area (TPSA) is 36.7 Å². The second kappa shape index (κ2) is 5.79. The van der Waals surface area contributed by atoms with Crippen LogP contribution in [0.15, 0.2) is 54.7 Å². The lowest BCUT2D eigenvalue weighted by Gasteiger charge is -2.00. The molecule has 0 amide bonds. The van der Waals surface area contributed by atoms with Crippen LogP contribution in [0.2, 0.25) is 0 Å². The Morgan fingerprint density at radius 1 is 1.26 bits per heavy atom. The van der Waals surface area contributed by atoms with Crippen molar-refractivity contribution in [1.29, 1.82) is 5.26 Å². The summed E-state index contributed by atoms with van der Waals surface area (Å²) in [5, 5.41) is 10.8. The van der Waals surface area contributed by atoms with E-state index in [4.69, 9.17) is 5.26 Å². The van der Waals surface area contributed by atoms with Gasteiger partial charge in [0.25, 0.3) is 0 Å². The summed E-state index contributed by atoms with van der Waals surface area (Å²) in [6.45, 7) is 5.65. The van der Waals surface area contributed by atoms with Gasteiger partial charge in [0.2, 0.25) is 0 Å². The van der Waals surface area contributed by atoms with Crippen molar-refractivity contribution in [2.45, 2.75) is 6.92 Å². The van der Waals surface area contributed by atoms with E-state index in [0.29, 0.717) is 5.57 Å². The molecule has 0 aliphatic heterocycles. The fraction of sp³-hybridized carbons (Fsp3) is 0.0588. The zero-order valence-corrected chi connectivity index (χ0v) is 10.8. The first-order valence-electron chi connectivity index (χ1n) is 6.03. The molecule has 92 valence electrons. The highest BCUT2D eigenvalue weighted by Gasteiger charge is 1.98. The lowest BCUT2D eigenvalue weighted by Crippen LogP contribution is -2.25. The lowest BCUT2D eigenvalue weighted by atomic mass is 10.1. The summed E-state index contributed by atoms with van der Waals surface area (Å²) >= 11 is 0. The Bertz CT molecular complexity index is 750. The van der Waals surface area contributed by atoms with E-state index >= 15 is 0 Å². The zero-order chi connectivity index (χ0) is 13.7. The molecule has 0 radical (unpaired) electrons. The number of hydrogen-bond acceptors (Lipinski definition) is 2. The number of nitrogens with zero attached hydrogens (tertiary/aromatic N) is 2. The molecule has 0 N–H and O–H groups in total. The summed E-state index contributed by atoms with van der Waals surface area (Å²) in [6.07, 6.45) is 5.57. The highest BCUT2D eigenvalue weighted by atomic mass is 14.7. The fourth-order valence-electron chi connectivity index (χ4n) is 1.83. The molecule has 1 aromatic carbocycles. The van der Waals surface area contributed by atoms with Crippen LogP contribution >= 0.6 is 0 Å². The Labute approximate surface area is 112 Å². The number of aromatic nitrogens is 1. The molecule has 0 aliphatic rings. The molecule has 19 heavy (non-hydrogen) atoms. The fourth-order valence-corrected chi connectivity index (χ4v) is 1.83. The maximum absolute atomic E-state index is 8.84. The predicted molar refractivity (Wildman–Crippen MR) is 78.3 cm³/mol. The number of nitriles is 1. The van der Waals surface area contributed by atoms with Crippen LogP contribution in [-0.2, 0) is 0 Å². The maximum Gasteiger partial charge on any atom is 0.0985 e. The van der Waals surface area contributed by atoms with E-state index in [-0.39, 0.29) is 0 Å². The summed E-state index contributed by atoms with van der Waals surface area (Å²) in [6, 6.07) is 14.0. The average Bonchev–Trinajstić information content (AvgIpc) is 2.48. The third kappa shape index (κ3) is 2.97. The Balaban J connectivity index is 2.65. The molecule has 0 fully saturated rings. The quantitative estimate of drug-likeness (QED) is 0.763. The van der Waals surface area contributed by atoms with Gasteiger partial charge in [-0.15, -0.1) is 0 Å². The van der Waals surface area contributed by atoms with Crippen molar-refractivity contribution in [3.05, 3.63) is 65.2 Å². The van der Waals surface area contributed by atoms with Crippen molar-refractivity contribution >= 4 is 12.2 Å². The first kappa shape index (κ1) is 12.8. The summed E-state index contributed by atoms with van der Waals surface area (Å²) in [5.41, 5.74) is 2.39. The minimum Gasteiger partial charge on any atom is -0.256 e. The summed E-state index contributed by atoms with van der Waals surface area (Å²) in [7, 11) is 0. The Morgan fingerprint density at radius 3 is 2.63 bits per heavy atom. The van der Waals surface area contributed by atoms with Crippen LogP contribution in [0.3, 0.4) is 0 Å². The Hall–Kier alpha value is -2.66. The maximum atomic E-state index is 8.84. The van der Waals surface area contributed by atoms with Gasteiger partial charge in [-0.2, -0.15) is 5.26 Å². The molecule has 2 aromatic rings. The van der Waals surface area contributed by atoms with Crippen LogP contribution in [0.25, 0.3) is 23.4 Å². The molecule has 1 aromatic heterocycles. The number of allylic oxidation sites excluding steroid dienone is 1. The molecular formula is C17H14N2. The van der Waals surface area contributed by atoms with E-state index in [9.17, 15) is 0 Å². The largest absolute Gasteiger partial charge is 0.256 e. The second-order valence-electron chi connectivity index (χ2n) is 4.13. The van der Waals surface area contributed by atoms with Gasteiger partial charge in [-0.25, -0.2) is 0 Å². The number of pyridine rings is 1. The number of benzene rings is 1. The average molecular weight is 246 g/mol. The molecule has 0 atom stereocenters. The molecule has 0 bridgehead atoms. The van der Waals surface area contributed by atoms with Crippen molar-refractivity contribution in [3.8, 4) is 17.3 Å². The van der Waals surface area contributed by atoms with Gasteiger partial charge >= 0.3 is 0 Å². The van der Waals surface area contributed by atoms with Crippen molar-refractivity contribution < 1.29 is 0 Å². The van der Waals surface area contributed by atoms with E-state index < -0.39 is 0 Å². The van der Waals surface area contributed by atoms with E-state index in [1.54, 1.807) is 6.08 Å². The lowest BCUT2D eigenvalue weighted by molar-refractivity contribution is 1.27. The van der Waals surface area contributed by atoms with Gasteiger partial charge in [0.1, 0.15) is 0 Å². The van der Waals surface area contributed by atoms with E-state index in [2.05, 4.69) is 11.6 Å². The van der Waals surface area contributed by atoms with E-state index in [1.807, 2.05) is 61.7 Å². The third-order valence-electron chi connectivity index (χ3n) is 2.82. The monoisotopic (exact) mass is 246 g/mol. The highest BCUT2D eigenvalue weighted by Crippen LogP contribution is 2.12. The van der Waals surface area contributed by atoms with Crippen LogP contribution in [0, 0.1) is 11.3 Å². The highest BCUT2D eigenvalue weighted by molar-refractivity contribution is 5.61. The van der Waals surface area contributed by atoms with Crippen LogP contribution in [0.5, 0.6) is 0 Å². The molecule has 2 heteroatoms. The molecule has 1 heterocycles. The van der Waals surface area contributed by atoms with Gasteiger partial charge in [-0.1, -0.05) is 43.0 Å². The standard InChI is InChI=1S/C17H14N2/c1-3-14-12-19-17(15-7-5-4-6-8-15)10-16(14)9-13(2)11-18/h3-10,12H,2H2,1H3/b14-3-,16-9-. The number of rotatable bonds is 2. The molecule has 2 nitrogen and oxygen atoms in total. The SMILES string of the molecule is C=C(C#N)/C=c1/cc(-c2ccccc2)nc/c1=C/C. The van der Waals surface area contributed by atoms with Crippen molar-refractivity contribution in [2.75, 3.05) is 0 Å². The van der Waals surface area contributed by atoms with Crippen LogP contribution < -0.4 is 10.4 Å². The van der Waals surface area contributed by atoms with Crippen molar-refractivity contribution in [3.63, 3.8) is 0 Å². The van der Waals surface area contributed by atoms with Crippen LogP contribution in [0.4, 0.5) is 0 Å². The minimum atomic E-state index is 0.438. The molecule has 0 saturated carbocycles. The molecule has 0 spiro atoms. The third-order valence-corrected chi connectivity index (χ3v) is 2.82. The van der Waals surface area contributed by atoms with Crippen LogP contribution in [0.1, 0.15) is 6.92 Å². The zero-order valence-electron chi connectivity index (χ0n) is 10.8. The van der Waals surface area contributed by atoms with Crippen molar-refractivity contribution in [2.24, 2.45) is 0 Å². The van der Waals surface area contributed by atoms with Gasteiger partial charge in [-0.3, -0.25) is 4.98 Å². The molecule has 2 rings (SSSR count). The number of hydrogen-bond donors (Lipinski definition) is 0. The first-order chi connectivity index (χ1) is 9.24. The Morgan fingerprint density at radius 2 is 2.00 bits per heavy atom. The van der Waals surface area contributed by atoms with E-state index in [1.165, 1.54) is 0 Å². The molecule has 0 unspecified atom stereocenters. The van der Waals surface area contributed by atoms with Gasteiger partial charge in [0.05, 0.1) is 11.8 Å². The van der Waals surface area contributed by atoms with Gasteiger partial charge < -0.3 is 0 Å². The Kier molecular flexibility index (Phi) is 3.90. The van der Waals surface area contributed by atoms with Crippen LogP contribution in [-0.4, -0.2) is 4.98 Å². The summed E-state index contributed by atoms with van der Waals surface area (Å²) in [5.74, 6) is 0. The van der Waals surface area contributed by atoms with Gasteiger partial charge in [0.15, 0.2) is 0 Å². The predicted octanol–water partition coefficient (Wildman–Crippen LogP) is 2.41. The second-order valence-corrected chi connectivity index (χ2v) is 4.13. The molecular weight excluding hydrogens is 232 g/mol.